The number of aromatic nitrogens is 1. The number of anilines is 1. The molecule has 1 fully saturated rings. The van der Waals surface area contributed by atoms with Gasteiger partial charge in [-0.05, 0) is 13.0 Å². The highest BCUT2D eigenvalue weighted by Crippen LogP contribution is 2.52. The molecular formula is C19H19N3O6S2. The number of hydrogen-bond donors (Lipinski definition) is 1. The summed E-state index contributed by atoms with van der Waals surface area (Å²) in [4.78, 5) is 44.1. The summed E-state index contributed by atoms with van der Waals surface area (Å²) in [5, 5.41) is 2.75. The zero-order valence-electron chi connectivity index (χ0n) is 16.7. The quantitative estimate of drug-likeness (QED) is 0.694. The number of thiazole rings is 1. The smallest absolute Gasteiger partial charge is 0.350 e. The van der Waals surface area contributed by atoms with Crippen LogP contribution in [0.1, 0.15) is 36.7 Å². The number of benzene rings is 1. The summed E-state index contributed by atoms with van der Waals surface area (Å²) in [6.45, 7) is 1.67. The number of amides is 2. The molecule has 2 aromatic rings. The second-order valence-corrected chi connectivity index (χ2v) is 8.71. The van der Waals surface area contributed by atoms with Gasteiger partial charge >= 0.3 is 5.97 Å². The van der Waals surface area contributed by atoms with Gasteiger partial charge in [-0.1, -0.05) is 17.4 Å². The van der Waals surface area contributed by atoms with Crippen LogP contribution in [0.2, 0.25) is 0 Å². The fourth-order valence-corrected chi connectivity index (χ4v) is 5.96. The van der Waals surface area contributed by atoms with Gasteiger partial charge in [-0.25, -0.2) is 9.78 Å². The Morgan fingerprint density at radius 3 is 2.67 bits per heavy atom. The SMILES string of the molecule is COC(=O)c1sc(NC(=O)[C@H]2CS[C@H]3c4ccc(OC)c(OC)c4C(=O)N23)nc1C. The molecule has 30 heavy (non-hydrogen) atoms. The lowest BCUT2D eigenvalue weighted by molar-refractivity contribution is -0.119. The van der Waals surface area contributed by atoms with Crippen LogP contribution in [0.25, 0.3) is 0 Å². The van der Waals surface area contributed by atoms with E-state index in [2.05, 4.69) is 10.3 Å². The minimum atomic E-state index is -0.679. The van der Waals surface area contributed by atoms with E-state index in [1.807, 2.05) is 6.07 Å². The molecule has 1 N–H and O–H groups in total. The average molecular weight is 450 g/mol. The first-order valence-corrected chi connectivity index (χ1v) is 10.8. The van der Waals surface area contributed by atoms with Crippen molar-refractivity contribution in [2.45, 2.75) is 18.3 Å². The van der Waals surface area contributed by atoms with Crippen molar-refractivity contribution in [2.24, 2.45) is 0 Å². The highest BCUT2D eigenvalue weighted by atomic mass is 32.2. The molecule has 2 aliphatic heterocycles. The van der Waals surface area contributed by atoms with Gasteiger partial charge in [-0.15, -0.1) is 11.8 Å². The number of carbonyl (C=O) groups is 3. The number of hydrogen-bond acceptors (Lipinski definition) is 9. The predicted molar refractivity (Wildman–Crippen MR) is 112 cm³/mol. The topological polar surface area (TPSA) is 107 Å². The summed E-state index contributed by atoms with van der Waals surface area (Å²) >= 11 is 2.55. The lowest BCUT2D eigenvalue weighted by Crippen LogP contribution is -2.42. The highest BCUT2D eigenvalue weighted by Gasteiger charge is 2.50. The fourth-order valence-electron chi connectivity index (χ4n) is 3.61. The average Bonchev–Trinajstić information content (AvgIpc) is 3.41. The van der Waals surface area contributed by atoms with Crippen molar-refractivity contribution in [3.8, 4) is 11.5 Å². The molecule has 2 amide bonds. The summed E-state index contributed by atoms with van der Waals surface area (Å²) in [5.74, 6) is 0.138. The van der Waals surface area contributed by atoms with E-state index in [4.69, 9.17) is 14.2 Å². The molecule has 0 radical (unpaired) electrons. The van der Waals surface area contributed by atoms with Crippen LogP contribution >= 0.6 is 23.1 Å². The molecule has 9 nitrogen and oxygen atoms in total. The normalized spacial score (nSPS) is 19.3. The number of rotatable bonds is 5. The molecular weight excluding hydrogens is 430 g/mol. The minimum Gasteiger partial charge on any atom is -0.493 e. The van der Waals surface area contributed by atoms with Crippen molar-refractivity contribution in [3.05, 3.63) is 33.8 Å². The third-order valence-electron chi connectivity index (χ3n) is 4.99. The van der Waals surface area contributed by atoms with E-state index in [9.17, 15) is 14.4 Å². The standard InChI is InChI=1S/C19H19N3O6S2/c1-8-14(18(25)28-4)30-19(20-8)21-15(23)10-7-29-17-9-5-6-11(26-2)13(27-3)12(9)16(24)22(10)17/h5-6,10,17H,7H2,1-4H3,(H,20,21,23)/t10-,17+/m1/s1. The molecule has 0 unspecified atom stereocenters. The van der Waals surface area contributed by atoms with Gasteiger partial charge in [0.1, 0.15) is 16.3 Å². The van der Waals surface area contributed by atoms with E-state index in [-0.39, 0.29) is 22.3 Å². The van der Waals surface area contributed by atoms with Gasteiger partial charge in [0, 0.05) is 11.3 Å². The number of aryl methyl sites for hydroxylation is 1. The van der Waals surface area contributed by atoms with Crippen LogP contribution < -0.4 is 14.8 Å². The Labute approximate surface area is 180 Å². The fraction of sp³-hybridized carbons (Fsp3) is 0.368. The molecule has 0 aliphatic carbocycles. The van der Waals surface area contributed by atoms with Crippen molar-refractivity contribution < 1.29 is 28.6 Å². The maximum atomic E-state index is 13.2. The van der Waals surface area contributed by atoms with Gasteiger partial charge in [0.05, 0.1) is 32.6 Å². The van der Waals surface area contributed by atoms with E-state index < -0.39 is 12.0 Å². The van der Waals surface area contributed by atoms with Crippen LogP contribution in [0.15, 0.2) is 12.1 Å². The predicted octanol–water partition coefficient (Wildman–Crippen LogP) is 2.46. The van der Waals surface area contributed by atoms with E-state index in [1.165, 1.54) is 33.1 Å². The number of nitrogens with zero attached hydrogens (tertiary/aromatic N) is 2. The van der Waals surface area contributed by atoms with E-state index in [1.54, 1.807) is 17.9 Å². The Morgan fingerprint density at radius 2 is 2.00 bits per heavy atom. The molecule has 0 bridgehead atoms. The molecule has 0 spiro atoms. The van der Waals surface area contributed by atoms with Crippen LogP contribution in [0.4, 0.5) is 5.13 Å². The summed E-state index contributed by atoms with van der Waals surface area (Å²) < 4.78 is 15.4. The molecule has 1 aromatic carbocycles. The van der Waals surface area contributed by atoms with Crippen molar-refractivity contribution in [1.29, 1.82) is 0 Å². The molecule has 2 aliphatic rings. The zero-order valence-corrected chi connectivity index (χ0v) is 18.3. The molecule has 3 heterocycles. The second kappa shape index (κ2) is 7.80. The van der Waals surface area contributed by atoms with Gasteiger partial charge in [0.25, 0.3) is 5.91 Å². The summed E-state index contributed by atoms with van der Waals surface area (Å²) in [5.41, 5.74) is 1.70. The lowest BCUT2D eigenvalue weighted by atomic mass is 10.1. The minimum absolute atomic E-state index is 0.272. The Morgan fingerprint density at radius 1 is 1.23 bits per heavy atom. The molecule has 4 rings (SSSR count). The summed E-state index contributed by atoms with van der Waals surface area (Å²) in [6, 6.07) is 2.91. The maximum absolute atomic E-state index is 13.2. The lowest BCUT2D eigenvalue weighted by Gasteiger charge is -2.22. The van der Waals surface area contributed by atoms with Gasteiger partial charge in [0.2, 0.25) is 5.91 Å². The second-order valence-electron chi connectivity index (χ2n) is 6.59. The third-order valence-corrected chi connectivity index (χ3v) is 7.35. The van der Waals surface area contributed by atoms with Crippen molar-refractivity contribution >= 4 is 46.0 Å². The number of methoxy groups -OCH3 is 3. The van der Waals surface area contributed by atoms with Gasteiger partial charge in [-0.2, -0.15) is 0 Å². The Hall–Kier alpha value is -2.79. The molecule has 1 aromatic heterocycles. The van der Waals surface area contributed by atoms with Crippen LogP contribution in [0, 0.1) is 6.92 Å². The van der Waals surface area contributed by atoms with Gasteiger partial charge in [0.15, 0.2) is 16.6 Å². The van der Waals surface area contributed by atoms with Crippen LogP contribution in [-0.4, -0.2) is 60.8 Å². The monoisotopic (exact) mass is 449 g/mol. The molecule has 11 heteroatoms. The van der Waals surface area contributed by atoms with E-state index in [0.29, 0.717) is 33.4 Å². The number of nitrogens with one attached hydrogen (secondary N) is 1. The Bertz CT molecular complexity index is 1050. The number of fused-ring (bicyclic) bond motifs is 3. The first kappa shape index (κ1) is 20.5. The molecule has 2 atom stereocenters. The molecule has 0 saturated carbocycles. The van der Waals surface area contributed by atoms with Crippen molar-refractivity contribution in [3.63, 3.8) is 0 Å². The number of carbonyl (C=O) groups excluding carboxylic acids is 3. The molecule has 158 valence electrons. The number of ether oxygens (including phenoxy) is 3. The Balaban J connectivity index is 1.59. The first-order valence-electron chi connectivity index (χ1n) is 8.97. The van der Waals surface area contributed by atoms with Crippen LogP contribution in [0.5, 0.6) is 11.5 Å². The van der Waals surface area contributed by atoms with Crippen LogP contribution in [-0.2, 0) is 9.53 Å². The van der Waals surface area contributed by atoms with Crippen molar-refractivity contribution in [2.75, 3.05) is 32.4 Å². The first-order chi connectivity index (χ1) is 14.4. The largest absolute Gasteiger partial charge is 0.493 e. The summed E-state index contributed by atoms with van der Waals surface area (Å²) in [7, 11) is 4.28. The van der Waals surface area contributed by atoms with E-state index in [0.717, 1.165) is 16.9 Å². The number of esters is 1. The molecule has 1 saturated heterocycles. The zero-order chi connectivity index (χ0) is 21.6. The third kappa shape index (κ3) is 3.08. The van der Waals surface area contributed by atoms with Gasteiger partial charge in [-0.3, -0.25) is 9.59 Å². The summed E-state index contributed by atoms with van der Waals surface area (Å²) in [6.07, 6.45) is 0. The number of thioether (sulfide) groups is 1. The van der Waals surface area contributed by atoms with Crippen LogP contribution in [0.3, 0.4) is 0 Å². The van der Waals surface area contributed by atoms with Gasteiger partial charge < -0.3 is 24.4 Å². The maximum Gasteiger partial charge on any atom is 0.350 e. The highest BCUT2D eigenvalue weighted by molar-refractivity contribution is 7.99. The van der Waals surface area contributed by atoms with E-state index >= 15 is 0 Å². The van der Waals surface area contributed by atoms with Crippen molar-refractivity contribution in [1.82, 2.24) is 9.88 Å². The Kier molecular flexibility index (Phi) is 5.33.